The van der Waals surface area contributed by atoms with Crippen molar-refractivity contribution < 1.29 is 4.79 Å². The predicted molar refractivity (Wildman–Crippen MR) is 97.1 cm³/mol. The highest BCUT2D eigenvalue weighted by atomic mass is 16.2. The van der Waals surface area contributed by atoms with Crippen LogP contribution in [0.1, 0.15) is 23.5 Å². The van der Waals surface area contributed by atoms with Crippen molar-refractivity contribution in [2.75, 3.05) is 5.32 Å². The minimum Gasteiger partial charge on any atom is -0.326 e. The molecule has 25 heavy (non-hydrogen) atoms. The summed E-state index contributed by atoms with van der Waals surface area (Å²) in [6.07, 6.45) is 2.59. The number of hydrogen-bond acceptors (Lipinski definition) is 3. The van der Waals surface area contributed by atoms with E-state index in [4.69, 9.17) is 0 Å². The van der Waals surface area contributed by atoms with E-state index in [9.17, 15) is 4.79 Å². The molecule has 0 saturated heterocycles. The lowest BCUT2D eigenvalue weighted by Crippen LogP contribution is -2.15. The Bertz CT molecular complexity index is 916. The number of nitrogens with zero attached hydrogens (tertiary/aromatic N) is 3. The van der Waals surface area contributed by atoms with Crippen LogP contribution in [-0.2, 0) is 11.8 Å². The highest BCUT2D eigenvalue weighted by Gasteiger charge is 2.43. The van der Waals surface area contributed by atoms with Crippen LogP contribution in [-0.4, -0.2) is 20.7 Å². The van der Waals surface area contributed by atoms with Gasteiger partial charge in [0.15, 0.2) is 5.82 Å². The zero-order chi connectivity index (χ0) is 17.4. The molecule has 0 aliphatic heterocycles. The summed E-state index contributed by atoms with van der Waals surface area (Å²) in [5.41, 5.74) is 4.06. The molecule has 5 heteroatoms. The molecule has 1 fully saturated rings. The van der Waals surface area contributed by atoms with Crippen molar-refractivity contribution in [2.24, 2.45) is 13.0 Å². The van der Waals surface area contributed by atoms with Gasteiger partial charge in [0.25, 0.3) is 0 Å². The lowest BCUT2D eigenvalue weighted by atomic mass is 10.1. The SMILES string of the molecule is Cc1c(NC(=O)[C@@H]2C[C@H]2c2ccccc2)cccc1-c1nncn1C. The smallest absolute Gasteiger partial charge is 0.228 e. The Labute approximate surface area is 146 Å². The summed E-state index contributed by atoms with van der Waals surface area (Å²) in [5.74, 6) is 1.28. The molecule has 0 spiro atoms. The summed E-state index contributed by atoms with van der Waals surface area (Å²) in [6, 6.07) is 16.1. The van der Waals surface area contributed by atoms with Crippen LogP contribution >= 0.6 is 0 Å². The van der Waals surface area contributed by atoms with E-state index in [1.54, 1.807) is 6.33 Å². The monoisotopic (exact) mass is 332 g/mol. The van der Waals surface area contributed by atoms with Crippen LogP contribution in [0.4, 0.5) is 5.69 Å². The molecule has 1 N–H and O–H groups in total. The molecule has 3 aromatic rings. The van der Waals surface area contributed by atoms with E-state index >= 15 is 0 Å². The largest absolute Gasteiger partial charge is 0.326 e. The zero-order valence-electron chi connectivity index (χ0n) is 14.3. The molecule has 2 atom stereocenters. The van der Waals surface area contributed by atoms with E-state index in [-0.39, 0.29) is 11.8 Å². The molecular formula is C20H20N4O. The van der Waals surface area contributed by atoms with E-state index in [2.05, 4.69) is 27.6 Å². The number of anilines is 1. The van der Waals surface area contributed by atoms with Gasteiger partial charge >= 0.3 is 0 Å². The van der Waals surface area contributed by atoms with E-state index in [0.717, 1.165) is 29.1 Å². The van der Waals surface area contributed by atoms with Crippen LogP contribution in [0.5, 0.6) is 0 Å². The first-order valence-electron chi connectivity index (χ1n) is 8.45. The average molecular weight is 332 g/mol. The summed E-state index contributed by atoms with van der Waals surface area (Å²) in [5, 5.41) is 11.2. The fraction of sp³-hybridized carbons (Fsp3) is 0.250. The minimum absolute atomic E-state index is 0.0558. The number of amides is 1. The van der Waals surface area contributed by atoms with Crippen LogP contribution in [0.2, 0.25) is 0 Å². The molecule has 0 radical (unpaired) electrons. The second-order valence-electron chi connectivity index (χ2n) is 6.59. The molecule has 1 heterocycles. The standard InChI is InChI=1S/C20H20N4O/c1-13-15(19-23-21-12-24(19)2)9-6-10-18(13)22-20(25)17-11-16(17)14-7-4-3-5-8-14/h3-10,12,16-17H,11H2,1-2H3,(H,22,25)/t16-,17+/m0/s1. The number of carbonyl (C=O) groups is 1. The van der Waals surface area contributed by atoms with Gasteiger partial charge in [0.05, 0.1) is 0 Å². The van der Waals surface area contributed by atoms with E-state index in [0.29, 0.717) is 5.92 Å². The Hall–Kier alpha value is -2.95. The Balaban J connectivity index is 1.52. The number of hydrogen-bond donors (Lipinski definition) is 1. The van der Waals surface area contributed by atoms with Crippen LogP contribution < -0.4 is 5.32 Å². The molecule has 1 saturated carbocycles. The second kappa shape index (κ2) is 6.16. The summed E-state index contributed by atoms with van der Waals surface area (Å²) in [4.78, 5) is 12.6. The van der Waals surface area contributed by atoms with Gasteiger partial charge in [0, 0.05) is 24.2 Å². The van der Waals surface area contributed by atoms with Crippen molar-refractivity contribution in [1.82, 2.24) is 14.8 Å². The summed E-state index contributed by atoms with van der Waals surface area (Å²) in [7, 11) is 1.91. The van der Waals surface area contributed by atoms with E-state index in [1.165, 1.54) is 5.56 Å². The highest BCUT2D eigenvalue weighted by molar-refractivity contribution is 5.96. The molecule has 0 unspecified atom stereocenters. The minimum atomic E-state index is 0.0558. The predicted octanol–water partition coefficient (Wildman–Crippen LogP) is 3.53. The molecule has 1 amide bonds. The van der Waals surface area contributed by atoms with Crippen LogP contribution in [0, 0.1) is 12.8 Å². The second-order valence-corrected chi connectivity index (χ2v) is 6.59. The van der Waals surface area contributed by atoms with Gasteiger partial charge in [-0.15, -0.1) is 10.2 Å². The maximum atomic E-state index is 12.6. The van der Waals surface area contributed by atoms with Crippen molar-refractivity contribution in [3.63, 3.8) is 0 Å². The summed E-state index contributed by atoms with van der Waals surface area (Å²) >= 11 is 0. The fourth-order valence-corrected chi connectivity index (χ4v) is 3.32. The van der Waals surface area contributed by atoms with Crippen LogP contribution in [0.15, 0.2) is 54.9 Å². The third-order valence-electron chi connectivity index (χ3n) is 4.90. The van der Waals surface area contributed by atoms with Crippen molar-refractivity contribution in [1.29, 1.82) is 0 Å². The van der Waals surface area contributed by atoms with Gasteiger partial charge in [0.2, 0.25) is 5.91 Å². The Morgan fingerprint density at radius 1 is 1.16 bits per heavy atom. The Kier molecular flexibility index (Phi) is 3.84. The summed E-state index contributed by atoms with van der Waals surface area (Å²) in [6.45, 7) is 2.00. The molecule has 126 valence electrons. The highest BCUT2D eigenvalue weighted by Crippen LogP contribution is 2.48. The lowest BCUT2D eigenvalue weighted by Gasteiger charge is -2.12. The first-order valence-corrected chi connectivity index (χ1v) is 8.45. The maximum absolute atomic E-state index is 12.6. The average Bonchev–Trinajstić information content (AvgIpc) is 3.33. The molecule has 2 aromatic carbocycles. The molecule has 0 bridgehead atoms. The zero-order valence-corrected chi connectivity index (χ0v) is 14.3. The Morgan fingerprint density at radius 3 is 2.68 bits per heavy atom. The van der Waals surface area contributed by atoms with Crippen molar-refractivity contribution in [2.45, 2.75) is 19.3 Å². The number of rotatable bonds is 4. The van der Waals surface area contributed by atoms with Gasteiger partial charge in [-0.05, 0) is 36.5 Å². The van der Waals surface area contributed by atoms with E-state index < -0.39 is 0 Å². The number of aryl methyl sites for hydroxylation is 1. The molecule has 4 rings (SSSR count). The van der Waals surface area contributed by atoms with Crippen molar-refractivity contribution >= 4 is 11.6 Å². The van der Waals surface area contributed by atoms with Crippen molar-refractivity contribution in [3.05, 3.63) is 66.0 Å². The first-order chi connectivity index (χ1) is 12.1. The molecule has 1 aliphatic rings. The Morgan fingerprint density at radius 2 is 1.96 bits per heavy atom. The fourth-order valence-electron chi connectivity index (χ4n) is 3.32. The van der Waals surface area contributed by atoms with E-state index in [1.807, 2.05) is 54.9 Å². The molecule has 5 nitrogen and oxygen atoms in total. The lowest BCUT2D eigenvalue weighted by molar-refractivity contribution is -0.117. The number of aromatic nitrogens is 3. The van der Waals surface area contributed by atoms with Crippen molar-refractivity contribution in [3.8, 4) is 11.4 Å². The maximum Gasteiger partial charge on any atom is 0.228 e. The van der Waals surface area contributed by atoms with Crippen LogP contribution in [0.25, 0.3) is 11.4 Å². The third-order valence-corrected chi connectivity index (χ3v) is 4.90. The first kappa shape index (κ1) is 15.6. The quantitative estimate of drug-likeness (QED) is 0.795. The van der Waals surface area contributed by atoms with Gasteiger partial charge in [-0.1, -0.05) is 42.5 Å². The van der Waals surface area contributed by atoms with Gasteiger partial charge in [-0.25, -0.2) is 0 Å². The van der Waals surface area contributed by atoms with Gasteiger partial charge in [-0.3, -0.25) is 4.79 Å². The molecular weight excluding hydrogens is 312 g/mol. The topological polar surface area (TPSA) is 59.8 Å². The number of carbonyl (C=O) groups excluding carboxylic acids is 1. The molecule has 1 aromatic heterocycles. The van der Waals surface area contributed by atoms with Gasteiger partial charge in [0.1, 0.15) is 6.33 Å². The van der Waals surface area contributed by atoms with Gasteiger partial charge in [-0.2, -0.15) is 0 Å². The van der Waals surface area contributed by atoms with Crippen LogP contribution in [0.3, 0.4) is 0 Å². The number of benzene rings is 2. The van der Waals surface area contributed by atoms with Gasteiger partial charge < -0.3 is 9.88 Å². The normalized spacial score (nSPS) is 18.8. The number of nitrogens with one attached hydrogen (secondary N) is 1. The third kappa shape index (κ3) is 2.93. The molecule has 1 aliphatic carbocycles. The summed E-state index contributed by atoms with van der Waals surface area (Å²) < 4.78 is 1.88.